The Morgan fingerprint density at radius 2 is 1.96 bits per heavy atom. The number of rotatable bonds is 5. The lowest BCUT2D eigenvalue weighted by molar-refractivity contribution is -0.138. The van der Waals surface area contributed by atoms with E-state index >= 15 is 0 Å². The van der Waals surface area contributed by atoms with Gasteiger partial charge in [0.25, 0.3) is 0 Å². The number of methoxy groups -OCH3 is 1. The van der Waals surface area contributed by atoms with Crippen LogP contribution in [0.25, 0.3) is 0 Å². The van der Waals surface area contributed by atoms with E-state index in [2.05, 4.69) is 0 Å². The van der Waals surface area contributed by atoms with E-state index in [0.29, 0.717) is 34.4 Å². The number of carboxylic acid groups (broad SMARTS) is 1. The topological polar surface area (TPSA) is 70.1 Å². The number of carbonyl (C=O) groups is 2. The van der Waals surface area contributed by atoms with Crippen molar-refractivity contribution in [1.82, 2.24) is 4.90 Å². The van der Waals surface area contributed by atoms with Crippen LogP contribution in [-0.4, -0.2) is 61.8 Å². The van der Waals surface area contributed by atoms with Gasteiger partial charge in [-0.3, -0.25) is 9.69 Å². The second-order valence-corrected chi connectivity index (χ2v) is 6.65. The first-order valence-electron chi connectivity index (χ1n) is 7.57. The molecular formula is C16H20Cl2N2O4. The fourth-order valence-corrected chi connectivity index (χ4v) is 3.64. The number of piperidine rings is 1. The van der Waals surface area contributed by atoms with Crippen molar-refractivity contribution >= 4 is 40.8 Å². The second kappa shape index (κ2) is 8.05. The summed E-state index contributed by atoms with van der Waals surface area (Å²) in [4.78, 5) is 26.7. The van der Waals surface area contributed by atoms with Gasteiger partial charge in [0.05, 0.1) is 29.9 Å². The molecule has 0 spiro atoms. The highest BCUT2D eigenvalue weighted by Gasteiger charge is 2.28. The molecule has 0 saturated carbocycles. The summed E-state index contributed by atoms with van der Waals surface area (Å²) in [7, 11) is 3.12. The van der Waals surface area contributed by atoms with Crippen LogP contribution < -0.4 is 4.90 Å². The Morgan fingerprint density at radius 3 is 2.50 bits per heavy atom. The first kappa shape index (κ1) is 18.8. The van der Waals surface area contributed by atoms with Crippen LogP contribution in [0.15, 0.2) is 12.1 Å². The summed E-state index contributed by atoms with van der Waals surface area (Å²) in [6, 6.07) is 3.34. The lowest BCUT2D eigenvalue weighted by Crippen LogP contribution is -2.45. The van der Waals surface area contributed by atoms with Crippen LogP contribution in [0, 0.1) is 0 Å². The Hall–Kier alpha value is -1.50. The third kappa shape index (κ3) is 4.32. The number of esters is 1. The van der Waals surface area contributed by atoms with Crippen molar-refractivity contribution < 1.29 is 19.4 Å². The quantitative estimate of drug-likeness (QED) is 0.799. The Balaban J connectivity index is 2.17. The van der Waals surface area contributed by atoms with Crippen LogP contribution in [0.5, 0.6) is 0 Å². The van der Waals surface area contributed by atoms with Gasteiger partial charge in [-0.25, -0.2) is 4.79 Å². The smallest absolute Gasteiger partial charge is 0.340 e. The van der Waals surface area contributed by atoms with E-state index < -0.39 is 11.9 Å². The van der Waals surface area contributed by atoms with Gasteiger partial charge in [-0.1, -0.05) is 23.2 Å². The molecule has 0 atom stereocenters. The molecule has 0 bridgehead atoms. The van der Waals surface area contributed by atoms with Crippen molar-refractivity contribution in [3.05, 3.63) is 27.7 Å². The molecule has 0 radical (unpaired) electrons. The predicted octanol–water partition coefficient (Wildman–Crippen LogP) is 2.77. The zero-order chi connectivity index (χ0) is 17.9. The number of carboxylic acids is 1. The Bertz CT molecular complexity index is 631. The Kier molecular flexibility index (Phi) is 6.32. The van der Waals surface area contributed by atoms with E-state index in [0.717, 1.165) is 12.8 Å². The van der Waals surface area contributed by atoms with Crippen molar-refractivity contribution in [1.29, 1.82) is 0 Å². The molecule has 1 aliphatic rings. The maximum Gasteiger partial charge on any atom is 0.340 e. The van der Waals surface area contributed by atoms with E-state index in [4.69, 9.17) is 33.0 Å². The van der Waals surface area contributed by atoms with Crippen LogP contribution in [0.3, 0.4) is 0 Å². The molecule has 0 amide bonds. The number of hydrogen-bond acceptors (Lipinski definition) is 5. The van der Waals surface area contributed by atoms with Gasteiger partial charge in [-0.2, -0.15) is 0 Å². The number of likely N-dealkylation sites (N-methyl/N-ethyl adjacent to an activating group) is 1. The SMILES string of the molecule is COC(=O)c1cc(Cl)cc(Cl)c1N1CCC(N(C)CC(=O)O)CC1. The molecule has 0 aliphatic carbocycles. The number of benzene rings is 1. The summed E-state index contributed by atoms with van der Waals surface area (Å²) >= 11 is 12.3. The van der Waals surface area contributed by atoms with E-state index in [1.165, 1.54) is 7.11 Å². The van der Waals surface area contributed by atoms with E-state index in [9.17, 15) is 9.59 Å². The van der Waals surface area contributed by atoms with Crippen LogP contribution >= 0.6 is 23.2 Å². The molecule has 1 saturated heterocycles. The maximum absolute atomic E-state index is 12.0. The van der Waals surface area contributed by atoms with Gasteiger partial charge in [0.15, 0.2) is 0 Å². The predicted molar refractivity (Wildman–Crippen MR) is 93.3 cm³/mol. The molecule has 1 aromatic rings. The lowest BCUT2D eigenvalue weighted by Gasteiger charge is -2.38. The molecule has 132 valence electrons. The van der Waals surface area contributed by atoms with Crippen molar-refractivity contribution in [3.8, 4) is 0 Å². The van der Waals surface area contributed by atoms with Gasteiger partial charge in [-0.05, 0) is 32.0 Å². The summed E-state index contributed by atoms with van der Waals surface area (Å²) in [5.74, 6) is -1.33. The van der Waals surface area contributed by atoms with Crippen molar-refractivity contribution in [2.24, 2.45) is 0 Å². The second-order valence-electron chi connectivity index (χ2n) is 5.80. The Labute approximate surface area is 150 Å². The van der Waals surface area contributed by atoms with Crippen LogP contribution in [-0.2, 0) is 9.53 Å². The summed E-state index contributed by atoms with van der Waals surface area (Å²) < 4.78 is 4.82. The molecular weight excluding hydrogens is 355 g/mol. The van der Waals surface area contributed by atoms with E-state index in [1.54, 1.807) is 12.1 Å². The fraction of sp³-hybridized carbons (Fsp3) is 0.500. The third-order valence-electron chi connectivity index (χ3n) is 4.22. The first-order valence-corrected chi connectivity index (χ1v) is 8.33. The van der Waals surface area contributed by atoms with Crippen molar-refractivity contribution in [3.63, 3.8) is 0 Å². The van der Waals surface area contributed by atoms with Gasteiger partial charge < -0.3 is 14.7 Å². The van der Waals surface area contributed by atoms with Gasteiger partial charge in [-0.15, -0.1) is 0 Å². The molecule has 1 aromatic carbocycles. The molecule has 1 fully saturated rings. The molecule has 1 heterocycles. The van der Waals surface area contributed by atoms with E-state index in [-0.39, 0.29) is 12.6 Å². The minimum Gasteiger partial charge on any atom is -0.480 e. The number of hydrogen-bond donors (Lipinski definition) is 1. The molecule has 1 N–H and O–H groups in total. The van der Waals surface area contributed by atoms with Crippen LogP contribution in [0.2, 0.25) is 10.0 Å². The number of ether oxygens (including phenoxy) is 1. The number of nitrogens with zero attached hydrogens (tertiary/aromatic N) is 2. The number of carbonyl (C=O) groups excluding carboxylic acids is 1. The van der Waals surface area contributed by atoms with Gasteiger partial charge in [0.2, 0.25) is 0 Å². The number of aliphatic carboxylic acids is 1. The average Bonchev–Trinajstić information content (AvgIpc) is 2.53. The fourth-order valence-electron chi connectivity index (χ4n) is 3.03. The van der Waals surface area contributed by atoms with Gasteiger partial charge in [0.1, 0.15) is 0 Å². The minimum atomic E-state index is -0.839. The van der Waals surface area contributed by atoms with E-state index in [1.807, 2.05) is 16.8 Å². The molecule has 1 aliphatic heterocycles. The first-order chi connectivity index (χ1) is 11.3. The standard InChI is InChI=1S/C16H20Cl2N2O4/c1-19(9-14(21)22)11-3-5-20(6-4-11)15-12(16(23)24-2)7-10(17)8-13(15)18/h7-8,11H,3-6,9H2,1-2H3,(H,21,22). The number of halogens is 2. The summed E-state index contributed by atoms with van der Waals surface area (Å²) in [6.45, 7) is 1.35. The molecule has 2 rings (SSSR count). The molecule has 24 heavy (non-hydrogen) atoms. The highest BCUT2D eigenvalue weighted by atomic mass is 35.5. The zero-order valence-electron chi connectivity index (χ0n) is 13.6. The van der Waals surface area contributed by atoms with Gasteiger partial charge in [0, 0.05) is 24.2 Å². The normalized spacial score (nSPS) is 15.6. The number of anilines is 1. The highest BCUT2D eigenvalue weighted by molar-refractivity contribution is 6.37. The molecule has 8 heteroatoms. The Morgan fingerprint density at radius 1 is 1.33 bits per heavy atom. The molecule has 6 nitrogen and oxygen atoms in total. The minimum absolute atomic E-state index is 0.0137. The van der Waals surface area contributed by atoms with Gasteiger partial charge >= 0.3 is 11.9 Å². The summed E-state index contributed by atoms with van der Waals surface area (Å²) in [5.41, 5.74) is 0.958. The summed E-state index contributed by atoms with van der Waals surface area (Å²) in [6.07, 6.45) is 1.56. The average molecular weight is 375 g/mol. The highest BCUT2D eigenvalue weighted by Crippen LogP contribution is 2.35. The van der Waals surface area contributed by atoms with Crippen LogP contribution in [0.4, 0.5) is 5.69 Å². The molecule has 0 unspecified atom stereocenters. The van der Waals surface area contributed by atoms with Crippen molar-refractivity contribution in [2.45, 2.75) is 18.9 Å². The third-order valence-corrected chi connectivity index (χ3v) is 4.73. The zero-order valence-corrected chi connectivity index (χ0v) is 15.1. The summed E-state index contributed by atoms with van der Waals surface area (Å²) in [5, 5.41) is 9.68. The maximum atomic E-state index is 12.0. The molecule has 0 aromatic heterocycles. The lowest BCUT2D eigenvalue weighted by atomic mass is 10.0. The monoisotopic (exact) mass is 374 g/mol. The van der Waals surface area contributed by atoms with Crippen LogP contribution in [0.1, 0.15) is 23.2 Å². The van der Waals surface area contributed by atoms with Crippen molar-refractivity contribution in [2.75, 3.05) is 38.7 Å². The largest absolute Gasteiger partial charge is 0.480 e.